The number of hydrogen-bond acceptors (Lipinski definition) is 3. The number of nitrogens with zero attached hydrogens (tertiary/aromatic N) is 1. The number of amides is 1. The zero-order valence-corrected chi connectivity index (χ0v) is 11.4. The first-order valence-electron chi connectivity index (χ1n) is 6.86. The van der Waals surface area contributed by atoms with Crippen LogP contribution >= 0.6 is 0 Å². The first-order valence-corrected chi connectivity index (χ1v) is 6.86. The van der Waals surface area contributed by atoms with E-state index in [-0.39, 0.29) is 11.7 Å². The van der Waals surface area contributed by atoms with Gasteiger partial charge in [-0.15, -0.1) is 0 Å². The number of fused-ring (bicyclic) bond motifs is 1. The van der Waals surface area contributed by atoms with Gasteiger partial charge in [0.2, 0.25) is 0 Å². The zero-order valence-electron chi connectivity index (χ0n) is 11.4. The third-order valence-electron chi connectivity index (χ3n) is 3.71. The number of aryl methyl sites for hydroxylation is 1. The zero-order chi connectivity index (χ0) is 14.1. The predicted molar refractivity (Wildman–Crippen MR) is 74.6 cm³/mol. The number of phenolic OH excluding ortho intramolecular Hbond substituents is 1. The molecule has 1 N–H and O–H groups in total. The van der Waals surface area contributed by atoms with Gasteiger partial charge in [-0.25, -0.2) is 0 Å². The van der Waals surface area contributed by atoms with Crippen LogP contribution in [0.4, 0.5) is 0 Å². The van der Waals surface area contributed by atoms with Crippen LogP contribution in [-0.4, -0.2) is 22.5 Å². The van der Waals surface area contributed by atoms with E-state index in [1.54, 1.807) is 23.1 Å². The van der Waals surface area contributed by atoms with Gasteiger partial charge in [-0.05, 0) is 41.8 Å². The molecule has 1 amide bonds. The highest BCUT2D eigenvalue weighted by atomic mass is 16.4. The van der Waals surface area contributed by atoms with Crippen molar-refractivity contribution in [2.45, 2.75) is 26.3 Å². The Morgan fingerprint density at radius 3 is 2.90 bits per heavy atom. The molecule has 104 valence electrons. The van der Waals surface area contributed by atoms with Crippen molar-refractivity contribution >= 4 is 5.91 Å². The lowest BCUT2D eigenvalue weighted by Crippen LogP contribution is -2.35. The molecule has 0 unspecified atom stereocenters. The van der Waals surface area contributed by atoms with Crippen LogP contribution in [0.5, 0.6) is 5.75 Å². The second kappa shape index (κ2) is 5.04. The first kappa shape index (κ1) is 12.8. The first-order chi connectivity index (χ1) is 9.67. The molecule has 1 aromatic carbocycles. The van der Waals surface area contributed by atoms with Crippen molar-refractivity contribution in [1.29, 1.82) is 0 Å². The molecule has 0 atom stereocenters. The maximum Gasteiger partial charge on any atom is 0.289 e. The van der Waals surface area contributed by atoms with Crippen molar-refractivity contribution in [2.24, 2.45) is 0 Å². The minimum absolute atomic E-state index is 0.0845. The second-order valence-electron chi connectivity index (χ2n) is 5.05. The summed E-state index contributed by atoms with van der Waals surface area (Å²) < 4.78 is 5.52. The van der Waals surface area contributed by atoms with Crippen LogP contribution in [0.2, 0.25) is 0 Å². The average molecular weight is 271 g/mol. The number of rotatable bonds is 2. The van der Waals surface area contributed by atoms with Gasteiger partial charge in [0, 0.05) is 19.5 Å². The maximum atomic E-state index is 12.4. The van der Waals surface area contributed by atoms with Gasteiger partial charge in [0.1, 0.15) is 11.5 Å². The lowest BCUT2D eigenvalue weighted by molar-refractivity contribution is 0.0700. The maximum absolute atomic E-state index is 12.4. The quantitative estimate of drug-likeness (QED) is 0.913. The highest BCUT2D eigenvalue weighted by molar-refractivity contribution is 5.91. The fourth-order valence-electron chi connectivity index (χ4n) is 2.56. The Kier molecular flexibility index (Phi) is 3.22. The largest absolute Gasteiger partial charge is 0.508 e. The normalized spacial score (nSPS) is 14.2. The molecule has 0 saturated heterocycles. The molecular weight excluding hydrogens is 254 g/mol. The molecule has 4 nitrogen and oxygen atoms in total. The summed E-state index contributed by atoms with van der Waals surface area (Å²) in [6, 6.07) is 8.93. The van der Waals surface area contributed by atoms with Crippen molar-refractivity contribution in [3.63, 3.8) is 0 Å². The summed E-state index contributed by atoms with van der Waals surface area (Å²) in [6.07, 6.45) is 1.59. The topological polar surface area (TPSA) is 53.7 Å². The third kappa shape index (κ3) is 2.29. The number of carbonyl (C=O) groups excluding carboxylic acids is 1. The Morgan fingerprint density at radius 2 is 2.15 bits per heavy atom. The summed E-state index contributed by atoms with van der Waals surface area (Å²) in [4.78, 5) is 14.2. The summed E-state index contributed by atoms with van der Waals surface area (Å²) in [6.45, 7) is 3.19. The summed E-state index contributed by atoms with van der Waals surface area (Å²) >= 11 is 0. The van der Waals surface area contributed by atoms with Crippen LogP contribution in [0.3, 0.4) is 0 Å². The summed E-state index contributed by atoms with van der Waals surface area (Å²) in [5.41, 5.74) is 2.20. The Morgan fingerprint density at radius 1 is 1.30 bits per heavy atom. The van der Waals surface area contributed by atoms with Gasteiger partial charge in [0.05, 0.1) is 0 Å². The monoisotopic (exact) mass is 271 g/mol. The van der Waals surface area contributed by atoms with E-state index in [1.165, 1.54) is 5.56 Å². The fraction of sp³-hybridized carbons (Fsp3) is 0.312. The van der Waals surface area contributed by atoms with E-state index in [0.29, 0.717) is 18.8 Å². The Bertz CT molecular complexity index is 645. The molecule has 0 bridgehead atoms. The highest BCUT2D eigenvalue weighted by Crippen LogP contribution is 2.24. The van der Waals surface area contributed by atoms with E-state index < -0.39 is 0 Å². The van der Waals surface area contributed by atoms with E-state index in [9.17, 15) is 9.90 Å². The van der Waals surface area contributed by atoms with Crippen molar-refractivity contribution in [3.8, 4) is 5.75 Å². The number of furan rings is 1. The lowest BCUT2D eigenvalue weighted by Gasteiger charge is -2.28. The second-order valence-corrected chi connectivity index (χ2v) is 5.05. The van der Waals surface area contributed by atoms with Gasteiger partial charge in [-0.1, -0.05) is 13.0 Å². The van der Waals surface area contributed by atoms with Crippen LogP contribution < -0.4 is 0 Å². The van der Waals surface area contributed by atoms with E-state index >= 15 is 0 Å². The van der Waals surface area contributed by atoms with E-state index in [2.05, 4.69) is 0 Å². The summed E-state index contributed by atoms with van der Waals surface area (Å²) in [5, 5.41) is 9.54. The Hall–Kier alpha value is -2.23. The molecule has 1 aliphatic heterocycles. The third-order valence-corrected chi connectivity index (χ3v) is 3.71. The van der Waals surface area contributed by atoms with Gasteiger partial charge in [0.25, 0.3) is 5.91 Å². The van der Waals surface area contributed by atoms with Crippen molar-refractivity contribution in [2.75, 3.05) is 6.54 Å². The Labute approximate surface area is 117 Å². The SMILES string of the molecule is CCc1ccc(C(=O)N2CCc3ccc(O)cc3C2)o1. The number of carbonyl (C=O) groups is 1. The molecule has 20 heavy (non-hydrogen) atoms. The molecule has 0 radical (unpaired) electrons. The molecule has 1 aliphatic rings. The van der Waals surface area contributed by atoms with Crippen LogP contribution in [0.15, 0.2) is 34.7 Å². The van der Waals surface area contributed by atoms with Crippen molar-refractivity contribution in [1.82, 2.24) is 4.90 Å². The molecule has 1 aromatic heterocycles. The van der Waals surface area contributed by atoms with Gasteiger partial charge >= 0.3 is 0 Å². The van der Waals surface area contributed by atoms with Gasteiger partial charge in [-0.2, -0.15) is 0 Å². The predicted octanol–water partition coefficient (Wildman–Crippen LogP) is 2.75. The molecule has 2 heterocycles. The number of benzene rings is 1. The van der Waals surface area contributed by atoms with E-state index in [4.69, 9.17) is 4.42 Å². The Balaban J connectivity index is 1.80. The number of phenols is 1. The van der Waals surface area contributed by atoms with Crippen LogP contribution in [0, 0.1) is 0 Å². The van der Waals surface area contributed by atoms with Crippen molar-refractivity contribution in [3.05, 3.63) is 53.0 Å². The fourth-order valence-corrected chi connectivity index (χ4v) is 2.56. The molecule has 0 aliphatic carbocycles. The molecule has 0 spiro atoms. The lowest BCUT2D eigenvalue weighted by atomic mass is 9.99. The number of aromatic hydroxyl groups is 1. The van der Waals surface area contributed by atoms with E-state index in [1.807, 2.05) is 19.1 Å². The molecule has 0 saturated carbocycles. The van der Waals surface area contributed by atoms with Gasteiger partial charge < -0.3 is 14.4 Å². The molecule has 4 heteroatoms. The smallest absolute Gasteiger partial charge is 0.289 e. The number of hydrogen-bond donors (Lipinski definition) is 1. The summed E-state index contributed by atoms with van der Waals surface area (Å²) in [5.74, 6) is 1.37. The van der Waals surface area contributed by atoms with Crippen LogP contribution in [-0.2, 0) is 19.4 Å². The highest BCUT2D eigenvalue weighted by Gasteiger charge is 2.24. The minimum atomic E-state index is -0.0845. The summed E-state index contributed by atoms with van der Waals surface area (Å²) in [7, 11) is 0. The van der Waals surface area contributed by atoms with E-state index in [0.717, 1.165) is 24.2 Å². The standard InChI is InChI=1S/C16H17NO3/c1-2-14-5-6-15(20-14)16(19)17-8-7-11-3-4-13(18)9-12(11)10-17/h3-6,9,18H,2,7-8,10H2,1H3. The van der Waals surface area contributed by atoms with Gasteiger partial charge in [0.15, 0.2) is 5.76 Å². The minimum Gasteiger partial charge on any atom is -0.508 e. The molecule has 2 aromatic rings. The van der Waals surface area contributed by atoms with Crippen LogP contribution in [0.1, 0.15) is 34.4 Å². The van der Waals surface area contributed by atoms with Crippen molar-refractivity contribution < 1.29 is 14.3 Å². The molecule has 0 fully saturated rings. The molecular formula is C16H17NO3. The van der Waals surface area contributed by atoms with Gasteiger partial charge in [-0.3, -0.25) is 4.79 Å². The van der Waals surface area contributed by atoms with Crippen LogP contribution in [0.25, 0.3) is 0 Å². The molecule has 3 rings (SSSR count). The average Bonchev–Trinajstić information content (AvgIpc) is 2.94.